The van der Waals surface area contributed by atoms with Gasteiger partial charge >= 0.3 is 0 Å². The third-order valence-corrected chi connectivity index (χ3v) is 4.93. The van der Waals surface area contributed by atoms with E-state index >= 15 is 0 Å². The Morgan fingerprint density at radius 2 is 1.80 bits per heavy atom. The molecule has 1 aliphatic rings. The van der Waals surface area contributed by atoms with Crippen LogP contribution < -0.4 is 5.32 Å². The molecule has 1 aliphatic carbocycles. The molecule has 0 saturated heterocycles. The second-order valence-corrected chi connectivity index (χ2v) is 7.43. The Morgan fingerprint density at radius 1 is 1.10 bits per heavy atom. The molecule has 2 nitrogen and oxygen atoms in total. The van der Waals surface area contributed by atoms with Crippen LogP contribution >= 0.6 is 0 Å². The third-order valence-electron chi connectivity index (χ3n) is 4.93. The summed E-state index contributed by atoms with van der Waals surface area (Å²) >= 11 is 0. The predicted molar refractivity (Wildman–Crippen MR) is 90.1 cm³/mol. The highest BCUT2D eigenvalue weighted by molar-refractivity contribution is 4.92. The van der Waals surface area contributed by atoms with Crippen LogP contribution in [0.4, 0.5) is 0 Å². The van der Waals surface area contributed by atoms with Crippen LogP contribution in [0.3, 0.4) is 0 Å². The summed E-state index contributed by atoms with van der Waals surface area (Å²) in [6.45, 7) is 17.7. The zero-order valence-electron chi connectivity index (χ0n) is 14.8. The minimum absolute atomic E-state index is 0.712. The van der Waals surface area contributed by atoms with Gasteiger partial charge in [0.1, 0.15) is 0 Å². The third kappa shape index (κ3) is 5.37. The van der Waals surface area contributed by atoms with Crippen LogP contribution in [0.2, 0.25) is 0 Å². The fourth-order valence-corrected chi connectivity index (χ4v) is 3.72. The highest BCUT2D eigenvalue weighted by Gasteiger charge is 2.34. The summed E-state index contributed by atoms with van der Waals surface area (Å²) in [6.07, 6.45) is 5.41. The van der Waals surface area contributed by atoms with Gasteiger partial charge in [-0.15, -0.1) is 0 Å². The van der Waals surface area contributed by atoms with Crippen molar-refractivity contribution in [3.63, 3.8) is 0 Å². The smallest absolute Gasteiger partial charge is 0.0252 e. The number of nitrogens with zero attached hydrogens (tertiary/aromatic N) is 1. The zero-order valence-corrected chi connectivity index (χ0v) is 14.8. The molecule has 1 N–H and O–H groups in total. The van der Waals surface area contributed by atoms with Crippen molar-refractivity contribution < 1.29 is 0 Å². The molecule has 1 fully saturated rings. The fourth-order valence-electron chi connectivity index (χ4n) is 3.72. The van der Waals surface area contributed by atoms with Gasteiger partial charge in [0.25, 0.3) is 0 Å². The first kappa shape index (κ1) is 18.0. The maximum absolute atomic E-state index is 3.83. The molecule has 3 atom stereocenters. The topological polar surface area (TPSA) is 15.3 Å². The summed E-state index contributed by atoms with van der Waals surface area (Å²) in [7, 11) is 0. The molecule has 0 aromatic rings. The Morgan fingerprint density at radius 3 is 2.30 bits per heavy atom. The van der Waals surface area contributed by atoms with Gasteiger partial charge in [0.15, 0.2) is 0 Å². The first-order valence-corrected chi connectivity index (χ1v) is 8.96. The standard InChI is InChI=1S/C18H38N2/c1-7-11-19-17-10-9-16(15(5)6)12-18(17)20(8-2)13-14(3)4/h14-19H,7-13H2,1-6H3. The predicted octanol–water partition coefficient (Wildman–Crippen LogP) is 4.16. The van der Waals surface area contributed by atoms with Gasteiger partial charge in [0.05, 0.1) is 0 Å². The molecule has 0 aromatic heterocycles. The van der Waals surface area contributed by atoms with Crippen molar-refractivity contribution in [3.05, 3.63) is 0 Å². The van der Waals surface area contributed by atoms with E-state index in [-0.39, 0.29) is 0 Å². The van der Waals surface area contributed by atoms with Gasteiger partial charge in [0.2, 0.25) is 0 Å². The lowest BCUT2D eigenvalue weighted by Gasteiger charge is -2.44. The van der Waals surface area contributed by atoms with Gasteiger partial charge in [-0.05, 0) is 56.5 Å². The van der Waals surface area contributed by atoms with Crippen LogP contribution in [-0.4, -0.2) is 36.6 Å². The van der Waals surface area contributed by atoms with Gasteiger partial charge < -0.3 is 5.32 Å². The molecule has 0 bridgehead atoms. The molecule has 0 amide bonds. The molecule has 0 aliphatic heterocycles. The van der Waals surface area contributed by atoms with Crippen molar-refractivity contribution in [1.82, 2.24) is 10.2 Å². The van der Waals surface area contributed by atoms with Crippen LogP contribution in [-0.2, 0) is 0 Å². The highest BCUT2D eigenvalue weighted by atomic mass is 15.2. The van der Waals surface area contributed by atoms with Crippen molar-refractivity contribution in [2.24, 2.45) is 17.8 Å². The maximum Gasteiger partial charge on any atom is 0.0252 e. The molecule has 0 heterocycles. The Labute approximate surface area is 127 Å². The molecule has 3 unspecified atom stereocenters. The van der Waals surface area contributed by atoms with E-state index in [1.54, 1.807) is 0 Å². The summed E-state index contributed by atoms with van der Waals surface area (Å²) in [5.41, 5.74) is 0. The molecule has 0 spiro atoms. The van der Waals surface area contributed by atoms with E-state index in [1.165, 1.54) is 45.3 Å². The fraction of sp³-hybridized carbons (Fsp3) is 1.00. The summed E-state index contributed by atoms with van der Waals surface area (Å²) in [5.74, 6) is 2.52. The van der Waals surface area contributed by atoms with Crippen molar-refractivity contribution in [1.29, 1.82) is 0 Å². The first-order valence-electron chi connectivity index (χ1n) is 8.96. The number of likely N-dealkylation sites (N-methyl/N-ethyl adjacent to an activating group) is 1. The van der Waals surface area contributed by atoms with Crippen LogP contribution in [0.25, 0.3) is 0 Å². The first-order chi connectivity index (χ1) is 9.49. The second-order valence-electron chi connectivity index (χ2n) is 7.43. The van der Waals surface area contributed by atoms with Crippen molar-refractivity contribution in [2.75, 3.05) is 19.6 Å². The lowest BCUT2D eigenvalue weighted by Crippen LogP contribution is -2.54. The van der Waals surface area contributed by atoms with Crippen molar-refractivity contribution in [2.45, 2.75) is 79.3 Å². The Kier molecular flexibility index (Phi) is 8.13. The highest BCUT2D eigenvalue weighted by Crippen LogP contribution is 2.33. The van der Waals surface area contributed by atoms with Gasteiger partial charge in [-0.25, -0.2) is 0 Å². The largest absolute Gasteiger partial charge is 0.312 e. The van der Waals surface area contributed by atoms with Gasteiger partial charge in [-0.3, -0.25) is 4.90 Å². The van der Waals surface area contributed by atoms with E-state index in [4.69, 9.17) is 0 Å². The van der Waals surface area contributed by atoms with Crippen LogP contribution in [0.15, 0.2) is 0 Å². The molecular weight excluding hydrogens is 244 g/mol. The summed E-state index contributed by atoms with van der Waals surface area (Å²) in [5, 5.41) is 3.83. The Balaban J connectivity index is 2.73. The van der Waals surface area contributed by atoms with Crippen LogP contribution in [0, 0.1) is 17.8 Å². The Bertz CT molecular complexity index is 250. The van der Waals surface area contributed by atoms with Gasteiger partial charge in [0, 0.05) is 18.6 Å². The molecule has 20 heavy (non-hydrogen) atoms. The van der Waals surface area contributed by atoms with Gasteiger partial charge in [-0.1, -0.05) is 41.5 Å². The maximum atomic E-state index is 3.83. The minimum Gasteiger partial charge on any atom is -0.312 e. The quantitative estimate of drug-likeness (QED) is 0.719. The molecule has 0 aromatic carbocycles. The Hall–Kier alpha value is -0.0800. The van der Waals surface area contributed by atoms with E-state index in [9.17, 15) is 0 Å². The average molecular weight is 283 g/mol. The molecule has 0 radical (unpaired) electrons. The number of hydrogen-bond donors (Lipinski definition) is 1. The zero-order chi connectivity index (χ0) is 15.1. The summed E-state index contributed by atoms with van der Waals surface area (Å²) in [6, 6.07) is 1.46. The van der Waals surface area contributed by atoms with E-state index in [0.29, 0.717) is 6.04 Å². The summed E-state index contributed by atoms with van der Waals surface area (Å²) in [4.78, 5) is 2.74. The lowest BCUT2D eigenvalue weighted by atomic mass is 9.76. The lowest BCUT2D eigenvalue weighted by molar-refractivity contribution is 0.0780. The molecule has 1 rings (SSSR count). The summed E-state index contributed by atoms with van der Waals surface area (Å²) < 4.78 is 0. The molecule has 2 heteroatoms. The molecular formula is C18H38N2. The van der Waals surface area contributed by atoms with E-state index in [1.807, 2.05) is 0 Å². The van der Waals surface area contributed by atoms with Crippen LogP contribution in [0.1, 0.15) is 67.2 Å². The van der Waals surface area contributed by atoms with Crippen molar-refractivity contribution in [3.8, 4) is 0 Å². The SMILES string of the molecule is CCCNC1CCC(C(C)C)CC1N(CC)CC(C)C. The minimum atomic E-state index is 0.712. The molecule has 1 saturated carbocycles. The van der Waals surface area contributed by atoms with Crippen LogP contribution in [0.5, 0.6) is 0 Å². The number of rotatable bonds is 8. The van der Waals surface area contributed by atoms with Crippen molar-refractivity contribution >= 4 is 0 Å². The molecule has 120 valence electrons. The number of hydrogen-bond acceptors (Lipinski definition) is 2. The normalized spacial score (nSPS) is 27.8. The van der Waals surface area contributed by atoms with E-state index < -0.39 is 0 Å². The van der Waals surface area contributed by atoms with Gasteiger partial charge in [-0.2, -0.15) is 0 Å². The number of nitrogens with one attached hydrogen (secondary N) is 1. The average Bonchev–Trinajstić information content (AvgIpc) is 2.42. The monoisotopic (exact) mass is 282 g/mol. The van der Waals surface area contributed by atoms with E-state index in [2.05, 4.69) is 51.8 Å². The second kappa shape index (κ2) is 9.04. The van der Waals surface area contributed by atoms with E-state index in [0.717, 1.165) is 23.8 Å².